The maximum atomic E-state index is 9.93. The van der Waals surface area contributed by atoms with Crippen LogP contribution < -0.4 is 10.3 Å². The van der Waals surface area contributed by atoms with Crippen LogP contribution in [0.5, 0.6) is 0 Å². The molecule has 2 aliphatic carbocycles. The number of hydrogen-bond acceptors (Lipinski definition) is 3. The minimum atomic E-state index is -0.0376. The van der Waals surface area contributed by atoms with E-state index in [-0.39, 0.29) is 12.6 Å². The van der Waals surface area contributed by atoms with E-state index in [0.29, 0.717) is 12.1 Å². The molecular weight excluding hydrogens is 344 g/mol. The average Bonchev–Trinajstić information content (AvgIpc) is 3.38. The average molecular weight is 381 g/mol. The van der Waals surface area contributed by atoms with Crippen molar-refractivity contribution in [1.29, 1.82) is 0 Å². The first-order valence-corrected chi connectivity index (χ1v) is 11.5. The van der Waals surface area contributed by atoms with E-state index in [4.69, 9.17) is 4.99 Å². The number of aliphatic hydroxyl groups is 1. The van der Waals surface area contributed by atoms with E-state index < -0.39 is 0 Å². The fraction of sp³-hybridized carbons (Fsp3) is 0.640. The molecule has 28 heavy (non-hydrogen) atoms. The Balaban J connectivity index is 1.55. The largest absolute Gasteiger partial charge is 0.394 e. The fourth-order valence-electron chi connectivity index (χ4n) is 5.33. The van der Waals surface area contributed by atoms with Gasteiger partial charge in [-0.2, -0.15) is 0 Å². The summed E-state index contributed by atoms with van der Waals surface area (Å²) >= 11 is 0. The molecule has 1 atom stereocenters. The molecule has 2 aromatic carbocycles. The quantitative estimate of drug-likeness (QED) is 0.745. The van der Waals surface area contributed by atoms with Gasteiger partial charge in [0.1, 0.15) is 0 Å². The zero-order valence-electron chi connectivity index (χ0n) is 17.4. The predicted octanol–water partition coefficient (Wildman–Crippen LogP) is 4.85. The molecular formula is C25H36N2O. The smallest absolute Gasteiger partial charge is 0.0866 e. The molecule has 0 radical (unpaired) electrons. The second-order valence-electron chi connectivity index (χ2n) is 8.97. The van der Waals surface area contributed by atoms with Gasteiger partial charge in [0.25, 0.3) is 0 Å². The lowest BCUT2D eigenvalue weighted by atomic mass is 9.88. The second kappa shape index (κ2) is 9.26. The van der Waals surface area contributed by atoms with Crippen LogP contribution in [0.4, 0.5) is 5.69 Å². The van der Waals surface area contributed by atoms with E-state index in [2.05, 4.69) is 36.1 Å². The van der Waals surface area contributed by atoms with Crippen molar-refractivity contribution in [1.82, 2.24) is 0 Å². The first kappa shape index (κ1) is 19.7. The van der Waals surface area contributed by atoms with Gasteiger partial charge in [-0.15, -0.1) is 0 Å². The third kappa shape index (κ3) is 4.51. The van der Waals surface area contributed by atoms with Gasteiger partial charge in [-0.3, -0.25) is 4.99 Å². The molecule has 0 aliphatic heterocycles. The number of aliphatic hydroxyl groups excluding tert-OH is 1. The Labute approximate surface area is 170 Å². The summed E-state index contributed by atoms with van der Waals surface area (Å²) < 4.78 is 0. The number of nitrogens with zero attached hydrogens (tertiary/aromatic N) is 2. The maximum absolute atomic E-state index is 9.93. The molecule has 2 aliphatic rings. The molecule has 0 spiro atoms. The number of benzene rings is 1. The summed E-state index contributed by atoms with van der Waals surface area (Å²) in [6.07, 6.45) is 14.5. The van der Waals surface area contributed by atoms with Crippen LogP contribution in [0.1, 0.15) is 75.3 Å². The Morgan fingerprint density at radius 1 is 0.929 bits per heavy atom. The monoisotopic (exact) mass is 380 g/mol. The van der Waals surface area contributed by atoms with E-state index in [1.807, 2.05) is 6.07 Å². The van der Waals surface area contributed by atoms with Crippen LogP contribution in [0.2, 0.25) is 0 Å². The van der Waals surface area contributed by atoms with Crippen molar-refractivity contribution in [3.63, 3.8) is 0 Å². The Morgan fingerprint density at radius 2 is 1.50 bits per heavy atom. The Hall–Kier alpha value is -1.61. The molecule has 3 nitrogen and oxygen atoms in total. The van der Waals surface area contributed by atoms with Crippen LogP contribution in [0, 0.1) is 6.92 Å². The van der Waals surface area contributed by atoms with Crippen LogP contribution in [-0.2, 0) is 6.42 Å². The molecule has 152 valence electrons. The second-order valence-corrected chi connectivity index (χ2v) is 8.97. The van der Waals surface area contributed by atoms with E-state index in [0.717, 1.165) is 6.42 Å². The van der Waals surface area contributed by atoms with Gasteiger partial charge >= 0.3 is 0 Å². The summed E-state index contributed by atoms with van der Waals surface area (Å²) in [7, 11) is 0. The third-order valence-electron chi connectivity index (χ3n) is 6.90. The fourth-order valence-corrected chi connectivity index (χ4v) is 5.33. The lowest BCUT2D eigenvalue weighted by Crippen LogP contribution is -2.45. The summed E-state index contributed by atoms with van der Waals surface area (Å²) in [5.74, 6) is 0. The van der Waals surface area contributed by atoms with Gasteiger partial charge in [0.05, 0.1) is 23.7 Å². The van der Waals surface area contributed by atoms with Crippen LogP contribution in [0.25, 0.3) is 0 Å². The van der Waals surface area contributed by atoms with E-state index >= 15 is 0 Å². The maximum Gasteiger partial charge on any atom is 0.0866 e. The number of rotatable bonds is 7. The SMILES string of the molecule is Cc1c(N(C2CCCCC2)C2CCCCC2)/c1=N\C(CO)Cc1ccccc1. The third-order valence-corrected chi connectivity index (χ3v) is 6.90. The van der Waals surface area contributed by atoms with Crippen molar-refractivity contribution < 1.29 is 5.11 Å². The van der Waals surface area contributed by atoms with Crippen molar-refractivity contribution in [2.75, 3.05) is 11.5 Å². The molecule has 2 fully saturated rings. The van der Waals surface area contributed by atoms with E-state index in [9.17, 15) is 5.11 Å². The summed E-state index contributed by atoms with van der Waals surface area (Å²) in [4.78, 5) is 7.82. The molecule has 4 rings (SSSR count). The summed E-state index contributed by atoms with van der Waals surface area (Å²) in [5, 5.41) is 11.1. The van der Waals surface area contributed by atoms with Gasteiger partial charge in [-0.25, -0.2) is 0 Å². The zero-order chi connectivity index (χ0) is 19.3. The molecule has 2 saturated carbocycles. The zero-order valence-corrected chi connectivity index (χ0v) is 17.4. The summed E-state index contributed by atoms with van der Waals surface area (Å²) in [6.45, 7) is 2.36. The van der Waals surface area contributed by atoms with Gasteiger partial charge in [0.15, 0.2) is 0 Å². The molecule has 0 aromatic heterocycles. The van der Waals surface area contributed by atoms with Gasteiger partial charge in [-0.1, -0.05) is 68.9 Å². The molecule has 1 N–H and O–H groups in total. The highest BCUT2D eigenvalue weighted by Crippen LogP contribution is 2.36. The highest BCUT2D eigenvalue weighted by Gasteiger charge is 2.35. The van der Waals surface area contributed by atoms with Crippen molar-refractivity contribution >= 4 is 5.69 Å². The van der Waals surface area contributed by atoms with E-state index in [1.54, 1.807) is 0 Å². The highest BCUT2D eigenvalue weighted by molar-refractivity contribution is 5.66. The number of anilines is 1. The van der Waals surface area contributed by atoms with Crippen molar-refractivity contribution in [2.24, 2.45) is 4.99 Å². The van der Waals surface area contributed by atoms with Crippen molar-refractivity contribution in [2.45, 2.75) is 95.7 Å². The normalized spacial score (nSPS) is 21.3. The Morgan fingerprint density at radius 3 is 2.04 bits per heavy atom. The van der Waals surface area contributed by atoms with Gasteiger partial charge in [0.2, 0.25) is 0 Å². The standard InChI is InChI=1S/C25H36N2O/c1-19-24(26-21(18-28)17-20-11-5-2-6-12-20)25(19)27(22-13-7-3-8-14-22)23-15-9-4-10-16-23/h2,5-6,11-12,21-23,28H,3-4,7-10,13-18H2,1H3/b26-24-. The lowest BCUT2D eigenvalue weighted by molar-refractivity contribution is 0.264. The predicted molar refractivity (Wildman–Crippen MR) is 116 cm³/mol. The molecule has 3 heteroatoms. The topological polar surface area (TPSA) is 35.8 Å². The molecule has 1 unspecified atom stereocenters. The minimum absolute atomic E-state index is 0.0376. The molecule has 0 amide bonds. The van der Waals surface area contributed by atoms with E-state index in [1.165, 1.54) is 86.4 Å². The molecule has 0 heterocycles. The summed E-state index contributed by atoms with van der Waals surface area (Å²) in [6, 6.07) is 11.8. The first-order valence-electron chi connectivity index (χ1n) is 11.5. The minimum Gasteiger partial charge on any atom is -0.394 e. The van der Waals surface area contributed by atoms with Crippen LogP contribution in [-0.4, -0.2) is 29.8 Å². The van der Waals surface area contributed by atoms with Gasteiger partial charge in [-0.05, 0) is 44.6 Å². The van der Waals surface area contributed by atoms with Gasteiger partial charge < -0.3 is 10.0 Å². The first-order chi connectivity index (χ1) is 13.8. The summed E-state index contributed by atoms with van der Waals surface area (Å²) in [5.41, 5.74) is 4.06. The van der Waals surface area contributed by atoms with Crippen molar-refractivity contribution in [3.05, 3.63) is 46.8 Å². The van der Waals surface area contributed by atoms with Gasteiger partial charge in [0, 0.05) is 17.6 Å². The van der Waals surface area contributed by atoms with Crippen LogP contribution in [0.3, 0.4) is 0 Å². The Bertz CT molecular complexity index is 729. The highest BCUT2D eigenvalue weighted by atomic mass is 16.3. The van der Waals surface area contributed by atoms with Crippen LogP contribution >= 0.6 is 0 Å². The van der Waals surface area contributed by atoms with Crippen molar-refractivity contribution in [3.8, 4) is 0 Å². The molecule has 0 bridgehead atoms. The van der Waals surface area contributed by atoms with Crippen LogP contribution in [0.15, 0.2) is 35.3 Å². The Kier molecular flexibility index (Phi) is 6.51. The molecule has 2 aromatic rings. The number of hydrogen-bond donors (Lipinski definition) is 1. The molecule has 0 saturated heterocycles. The lowest BCUT2D eigenvalue weighted by Gasteiger charge is -2.41.